The van der Waals surface area contributed by atoms with Crippen molar-refractivity contribution in [2.45, 2.75) is 137 Å². The van der Waals surface area contributed by atoms with Gasteiger partial charge >= 0.3 is 5.97 Å². The molecule has 3 unspecified atom stereocenters. The molecule has 6 nitrogen and oxygen atoms in total. The van der Waals surface area contributed by atoms with Gasteiger partial charge < -0.3 is 15.0 Å². The van der Waals surface area contributed by atoms with E-state index in [-0.39, 0.29) is 33.8 Å². The zero-order chi connectivity index (χ0) is 42.1. The summed E-state index contributed by atoms with van der Waals surface area (Å²) in [5.74, 6) is 3.21. The molecule has 7 aliphatic rings. The van der Waals surface area contributed by atoms with Crippen LogP contribution in [0.4, 0.5) is 4.39 Å². The van der Waals surface area contributed by atoms with Crippen molar-refractivity contribution in [2.75, 3.05) is 44.4 Å². The fraction of sp³-hybridized carbons (Fsp3) is 0.745. The van der Waals surface area contributed by atoms with Crippen LogP contribution >= 0.6 is 0 Å². The zero-order valence-corrected chi connectivity index (χ0v) is 38.2. The molecule has 326 valence electrons. The first kappa shape index (κ1) is 43.4. The highest BCUT2D eigenvalue weighted by atomic mass is 32.2. The van der Waals surface area contributed by atoms with Gasteiger partial charge in [-0.3, -0.25) is 4.79 Å². The third-order valence-electron chi connectivity index (χ3n) is 19.1. The molecule has 1 N–H and O–H groups in total. The van der Waals surface area contributed by atoms with Crippen LogP contribution in [-0.2, 0) is 26.0 Å². The third kappa shape index (κ3) is 7.27. The Labute approximate surface area is 356 Å². The molecule has 5 fully saturated rings. The number of esters is 1. The largest absolute Gasteiger partial charge is 0.460 e. The minimum Gasteiger partial charge on any atom is -0.460 e. The van der Waals surface area contributed by atoms with Gasteiger partial charge in [0.25, 0.3) is 0 Å². The Balaban J connectivity index is 0.994. The zero-order valence-electron chi connectivity index (χ0n) is 37.4. The maximum Gasteiger partial charge on any atom is 0.315 e. The summed E-state index contributed by atoms with van der Waals surface area (Å²) in [4.78, 5) is 15.8. The lowest BCUT2D eigenvalue weighted by atomic mass is 9.33. The van der Waals surface area contributed by atoms with Gasteiger partial charge in [-0.05, 0) is 165 Å². The molecule has 8 heteroatoms. The van der Waals surface area contributed by atoms with Gasteiger partial charge in [-0.2, -0.15) is 0 Å². The first-order chi connectivity index (χ1) is 27.9. The predicted molar refractivity (Wildman–Crippen MR) is 237 cm³/mol. The van der Waals surface area contributed by atoms with Crippen LogP contribution in [0.2, 0.25) is 0 Å². The van der Waals surface area contributed by atoms with E-state index < -0.39 is 27.9 Å². The van der Waals surface area contributed by atoms with Gasteiger partial charge in [-0.25, -0.2) is 12.8 Å². The van der Waals surface area contributed by atoms with Crippen LogP contribution in [0.1, 0.15) is 131 Å². The number of nitrogens with zero attached hydrogens (tertiary/aromatic N) is 1. The molecule has 4 saturated carbocycles. The molecule has 6 aliphatic carbocycles. The van der Waals surface area contributed by atoms with Crippen molar-refractivity contribution < 1.29 is 22.3 Å². The van der Waals surface area contributed by atoms with Crippen LogP contribution in [0.5, 0.6) is 0 Å². The van der Waals surface area contributed by atoms with Crippen molar-refractivity contribution in [3.63, 3.8) is 0 Å². The topological polar surface area (TPSA) is 75.7 Å². The van der Waals surface area contributed by atoms with Crippen molar-refractivity contribution in [1.82, 2.24) is 10.2 Å². The van der Waals surface area contributed by atoms with E-state index in [9.17, 15) is 17.6 Å². The van der Waals surface area contributed by atoms with E-state index in [1.807, 2.05) is 30.3 Å². The van der Waals surface area contributed by atoms with Gasteiger partial charge in [0.2, 0.25) is 0 Å². The van der Waals surface area contributed by atoms with E-state index >= 15 is 0 Å². The molecule has 0 aromatic heterocycles. The van der Waals surface area contributed by atoms with Gasteiger partial charge in [-0.1, -0.05) is 89.3 Å². The van der Waals surface area contributed by atoms with Crippen molar-refractivity contribution in [2.24, 2.45) is 56.7 Å². The lowest BCUT2D eigenvalue weighted by molar-refractivity contribution is -0.221. The van der Waals surface area contributed by atoms with E-state index in [1.54, 1.807) is 0 Å². The molecule has 10 atom stereocenters. The molecule has 59 heavy (non-hydrogen) atoms. The van der Waals surface area contributed by atoms with Crippen molar-refractivity contribution in [1.29, 1.82) is 0 Å². The standard InChI is InChI=1S/C51H75FN2O4S/c1-36(2)39-18-25-51(53-28-30-54-29-11-32-59(56,57)33-31-54)27-26-48(6)41(44(39)51)14-15-43-47(5)21-19-40(46(3,4)42(47)20-22-49(43,48)7)38-16-23-50(35-52,24-17-38)45(55)58-34-37-12-9-8-10-13-37/h8-10,12-13,16,19,39,41-44,53H,1,11,14-15,17-18,20-35H2,2-7H3/t39-,41+,42?,43?,44?,47-,48+,49+,50-,51-/m0/s1. The van der Waals surface area contributed by atoms with E-state index in [2.05, 4.69) is 70.5 Å². The number of hydrogen-bond acceptors (Lipinski definition) is 6. The monoisotopic (exact) mass is 831 g/mol. The normalized spacial score (nSPS) is 41.5. The SMILES string of the molecule is C=C(C)[C@@H]1CC[C@]2(NCCN3CCCS(=O)(=O)CC3)CC[C@]3(C)[C@H](CCC4[C@@]5(C)CC=C(C6=CC[C@](CF)(C(=O)OCc7ccccc7)CC6)C(C)(C)C5CC[C@]43C)C12. The van der Waals surface area contributed by atoms with Gasteiger partial charge in [0, 0.05) is 25.2 Å². The van der Waals surface area contributed by atoms with E-state index in [4.69, 9.17) is 4.74 Å². The molecular weight excluding hydrogens is 756 g/mol. The fourth-order valence-corrected chi connectivity index (χ4v) is 17.0. The van der Waals surface area contributed by atoms with Crippen LogP contribution < -0.4 is 5.32 Å². The Morgan fingerprint density at radius 3 is 2.39 bits per heavy atom. The van der Waals surface area contributed by atoms with Crippen LogP contribution in [0.15, 0.2) is 65.8 Å². The second-order valence-electron chi connectivity index (χ2n) is 22.1. The highest BCUT2D eigenvalue weighted by molar-refractivity contribution is 7.91. The molecule has 0 amide bonds. The lowest BCUT2D eigenvalue weighted by Crippen LogP contribution is -2.68. The van der Waals surface area contributed by atoms with Crippen molar-refractivity contribution >= 4 is 15.8 Å². The average Bonchev–Trinajstić information content (AvgIpc) is 3.50. The Morgan fingerprint density at radius 1 is 0.898 bits per heavy atom. The molecular formula is C51H75FN2O4S. The van der Waals surface area contributed by atoms with E-state index in [1.165, 1.54) is 68.1 Å². The minimum atomic E-state index is -2.91. The molecule has 1 aliphatic heterocycles. The highest BCUT2D eigenvalue weighted by Gasteiger charge is 2.70. The van der Waals surface area contributed by atoms with Crippen molar-refractivity contribution in [3.05, 3.63) is 71.3 Å². The van der Waals surface area contributed by atoms with Crippen LogP contribution in [0.25, 0.3) is 0 Å². The number of alkyl halides is 1. The second-order valence-corrected chi connectivity index (χ2v) is 24.4. The number of allylic oxidation sites excluding steroid dienone is 5. The quantitative estimate of drug-likeness (QED) is 0.187. The first-order valence-corrected chi connectivity index (χ1v) is 25.3. The Morgan fingerprint density at radius 2 is 1.68 bits per heavy atom. The molecule has 8 rings (SSSR count). The number of halogens is 1. The van der Waals surface area contributed by atoms with Crippen molar-refractivity contribution in [3.8, 4) is 0 Å². The number of carbonyl (C=O) groups excluding carboxylic acids is 1. The molecule has 0 radical (unpaired) electrons. The highest BCUT2D eigenvalue weighted by Crippen LogP contribution is 2.76. The number of nitrogens with one attached hydrogen (secondary N) is 1. The predicted octanol–water partition coefficient (Wildman–Crippen LogP) is 10.5. The van der Waals surface area contributed by atoms with Gasteiger partial charge in [-0.15, -0.1) is 0 Å². The van der Waals surface area contributed by atoms with Crippen LogP contribution in [0.3, 0.4) is 0 Å². The third-order valence-corrected chi connectivity index (χ3v) is 20.8. The summed E-state index contributed by atoms with van der Waals surface area (Å²) in [6.07, 6.45) is 18.2. The second kappa shape index (κ2) is 15.8. The maximum atomic E-state index is 14.8. The summed E-state index contributed by atoms with van der Waals surface area (Å²) in [5.41, 5.74) is 4.77. The van der Waals surface area contributed by atoms with Gasteiger partial charge in [0.15, 0.2) is 9.84 Å². The molecule has 0 bridgehead atoms. The minimum absolute atomic E-state index is 0.0128. The summed E-state index contributed by atoms with van der Waals surface area (Å²) in [6.45, 7) is 22.8. The lowest BCUT2D eigenvalue weighted by Gasteiger charge is -2.72. The summed E-state index contributed by atoms with van der Waals surface area (Å²) in [6, 6.07) is 9.67. The average molecular weight is 831 g/mol. The Bertz CT molecular complexity index is 1940. The number of hydrogen-bond donors (Lipinski definition) is 1. The summed E-state index contributed by atoms with van der Waals surface area (Å²) < 4.78 is 45.1. The number of fused-ring (bicyclic) bond motifs is 7. The maximum absolute atomic E-state index is 14.8. The van der Waals surface area contributed by atoms with Gasteiger partial charge in [0.1, 0.15) is 13.3 Å². The van der Waals surface area contributed by atoms with E-state index in [0.29, 0.717) is 66.9 Å². The number of sulfone groups is 1. The first-order valence-electron chi connectivity index (χ1n) is 23.4. The fourth-order valence-electron chi connectivity index (χ4n) is 15.7. The summed E-state index contributed by atoms with van der Waals surface area (Å²) >= 11 is 0. The van der Waals surface area contributed by atoms with Gasteiger partial charge in [0.05, 0.1) is 16.9 Å². The molecule has 1 heterocycles. The molecule has 1 saturated heterocycles. The molecule has 1 aromatic carbocycles. The Hall–Kier alpha value is -2.29. The van der Waals surface area contributed by atoms with E-state index in [0.717, 1.165) is 38.0 Å². The van der Waals surface area contributed by atoms with Crippen LogP contribution in [-0.4, -0.2) is 69.2 Å². The molecule has 1 aromatic rings. The summed E-state index contributed by atoms with van der Waals surface area (Å²) in [7, 11) is -2.91. The smallest absolute Gasteiger partial charge is 0.315 e. The number of rotatable bonds is 10. The number of ether oxygens (including phenoxy) is 1. The number of benzene rings is 1. The molecule has 0 spiro atoms. The summed E-state index contributed by atoms with van der Waals surface area (Å²) in [5, 5.41) is 4.24. The number of carbonyl (C=O) groups is 1. The Kier molecular flexibility index (Phi) is 11.6. The van der Waals surface area contributed by atoms with Crippen LogP contribution in [0, 0.1) is 56.7 Å².